The monoisotopic (exact) mass is 315 g/mol. The first-order chi connectivity index (χ1) is 8.02. The average Bonchev–Trinajstić information content (AvgIpc) is 2.72. The number of amides is 1. The fourth-order valence-electron chi connectivity index (χ4n) is 2.00. The molecule has 94 valence electrons. The van der Waals surface area contributed by atoms with Crippen LogP contribution in [0.3, 0.4) is 0 Å². The quantitative estimate of drug-likeness (QED) is 0.849. The van der Waals surface area contributed by atoms with Gasteiger partial charge >= 0.3 is 0 Å². The van der Waals surface area contributed by atoms with Crippen LogP contribution in [0.4, 0.5) is 0 Å². The molecule has 0 spiro atoms. The third kappa shape index (κ3) is 3.10. The summed E-state index contributed by atoms with van der Waals surface area (Å²) >= 11 is 5.08. The SMILES string of the molecule is CC(C)(CBr)NC(=O)c1cc2c(s1)CCCC2. The van der Waals surface area contributed by atoms with Crippen molar-refractivity contribution in [2.45, 2.75) is 45.1 Å². The summed E-state index contributed by atoms with van der Waals surface area (Å²) in [7, 11) is 0. The summed E-state index contributed by atoms with van der Waals surface area (Å²) in [6.45, 7) is 4.04. The van der Waals surface area contributed by atoms with Crippen molar-refractivity contribution in [2.24, 2.45) is 0 Å². The molecule has 1 N–H and O–H groups in total. The lowest BCUT2D eigenvalue weighted by Crippen LogP contribution is -2.44. The van der Waals surface area contributed by atoms with E-state index in [2.05, 4.69) is 27.3 Å². The summed E-state index contributed by atoms with van der Waals surface area (Å²) in [5.74, 6) is 0.0637. The minimum absolute atomic E-state index is 0.0637. The first-order valence-corrected chi connectivity index (χ1v) is 7.96. The van der Waals surface area contributed by atoms with Crippen LogP contribution in [0.1, 0.15) is 46.8 Å². The molecule has 4 heteroatoms. The molecule has 1 amide bonds. The Morgan fingerprint density at radius 3 is 2.82 bits per heavy atom. The predicted octanol–water partition coefficient (Wildman–Crippen LogP) is 3.53. The minimum Gasteiger partial charge on any atom is -0.346 e. The van der Waals surface area contributed by atoms with Gasteiger partial charge in [-0.25, -0.2) is 0 Å². The molecular weight excluding hydrogens is 298 g/mol. The van der Waals surface area contributed by atoms with Crippen LogP contribution >= 0.6 is 27.3 Å². The van der Waals surface area contributed by atoms with E-state index >= 15 is 0 Å². The first-order valence-electron chi connectivity index (χ1n) is 6.02. The molecule has 2 nitrogen and oxygen atoms in total. The number of fused-ring (bicyclic) bond motifs is 1. The number of aryl methyl sites for hydroxylation is 2. The molecule has 0 bridgehead atoms. The van der Waals surface area contributed by atoms with E-state index in [1.54, 1.807) is 11.3 Å². The lowest BCUT2D eigenvalue weighted by atomic mass is 9.99. The van der Waals surface area contributed by atoms with Gasteiger partial charge in [-0.2, -0.15) is 0 Å². The summed E-state index contributed by atoms with van der Waals surface area (Å²) in [5, 5.41) is 3.82. The zero-order chi connectivity index (χ0) is 12.5. The molecule has 0 atom stereocenters. The third-order valence-corrected chi connectivity index (χ3v) is 5.64. The van der Waals surface area contributed by atoms with Crippen molar-refractivity contribution in [2.75, 3.05) is 5.33 Å². The number of hydrogen-bond donors (Lipinski definition) is 1. The molecule has 2 rings (SSSR count). The molecule has 0 saturated heterocycles. The van der Waals surface area contributed by atoms with Crippen LogP contribution in [0.25, 0.3) is 0 Å². The normalized spacial score (nSPS) is 15.5. The number of carbonyl (C=O) groups excluding carboxylic acids is 1. The van der Waals surface area contributed by atoms with Gasteiger partial charge in [-0.15, -0.1) is 11.3 Å². The third-order valence-electron chi connectivity index (χ3n) is 3.01. The highest BCUT2D eigenvalue weighted by atomic mass is 79.9. The summed E-state index contributed by atoms with van der Waals surface area (Å²) in [5.41, 5.74) is 1.20. The Balaban J connectivity index is 2.12. The zero-order valence-electron chi connectivity index (χ0n) is 10.3. The highest BCUT2D eigenvalue weighted by Gasteiger charge is 2.22. The zero-order valence-corrected chi connectivity index (χ0v) is 12.7. The van der Waals surface area contributed by atoms with E-state index in [-0.39, 0.29) is 11.4 Å². The van der Waals surface area contributed by atoms with Gasteiger partial charge in [-0.05, 0) is 51.2 Å². The number of alkyl halides is 1. The van der Waals surface area contributed by atoms with Crippen molar-refractivity contribution in [3.05, 3.63) is 21.4 Å². The maximum atomic E-state index is 12.1. The van der Waals surface area contributed by atoms with Crippen molar-refractivity contribution in [3.63, 3.8) is 0 Å². The summed E-state index contributed by atoms with van der Waals surface area (Å²) in [6.07, 6.45) is 4.81. The standard InChI is InChI=1S/C13H18BrNOS/c1-13(2,8-14)15-12(16)11-7-9-5-3-4-6-10(9)17-11/h7H,3-6,8H2,1-2H3,(H,15,16). The fourth-order valence-corrected chi connectivity index (χ4v) is 3.29. The molecule has 0 saturated carbocycles. The van der Waals surface area contributed by atoms with Crippen LogP contribution in [-0.4, -0.2) is 16.8 Å². The van der Waals surface area contributed by atoms with Crippen LogP contribution < -0.4 is 5.32 Å². The number of nitrogens with one attached hydrogen (secondary N) is 1. The van der Waals surface area contributed by atoms with Crippen LogP contribution in [-0.2, 0) is 12.8 Å². The second-order valence-electron chi connectivity index (χ2n) is 5.24. The summed E-state index contributed by atoms with van der Waals surface area (Å²) in [6, 6.07) is 2.08. The van der Waals surface area contributed by atoms with Gasteiger partial charge in [0.1, 0.15) is 0 Å². The minimum atomic E-state index is -0.193. The molecule has 0 aliphatic heterocycles. The Morgan fingerprint density at radius 2 is 2.18 bits per heavy atom. The van der Waals surface area contributed by atoms with Crippen molar-refractivity contribution in [1.29, 1.82) is 0 Å². The van der Waals surface area contributed by atoms with Gasteiger partial charge in [0, 0.05) is 15.7 Å². The molecule has 0 aromatic carbocycles. The van der Waals surface area contributed by atoms with Crippen LogP contribution in [0.15, 0.2) is 6.07 Å². The second kappa shape index (κ2) is 5.11. The molecule has 0 unspecified atom stereocenters. The van der Waals surface area contributed by atoms with E-state index < -0.39 is 0 Å². The predicted molar refractivity (Wildman–Crippen MR) is 76.3 cm³/mol. The topological polar surface area (TPSA) is 29.1 Å². The van der Waals surface area contributed by atoms with Crippen LogP contribution in [0.5, 0.6) is 0 Å². The Hall–Kier alpha value is -0.350. The van der Waals surface area contributed by atoms with E-state index in [1.165, 1.54) is 23.3 Å². The van der Waals surface area contributed by atoms with Gasteiger partial charge in [0.25, 0.3) is 5.91 Å². The lowest BCUT2D eigenvalue weighted by Gasteiger charge is -2.22. The molecule has 1 aromatic heterocycles. The molecule has 1 aliphatic rings. The van der Waals surface area contributed by atoms with Crippen LogP contribution in [0.2, 0.25) is 0 Å². The van der Waals surface area contributed by atoms with Gasteiger partial charge in [-0.1, -0.05) is 15.9 Å². The van der Waals surface area contributed by atoms with Gasteiger partial charge in [0.15, 0.2) is 0 Å². The molecule has 0 fully saturated rings. The number of hydrogen-bond acceptors (Lipinski definition) is 2. The molecule has 1 aromatic rings. The first kappa shape index (κ1) is 13.1. The Morgan fingerprint density at radius 1 is 1.47 bits per heavy atom. The van der Waals surface area contributed by atoms with E-state index in [9.17, 15) is 4.79 Å². The maximum Gasteiger partial charge on any atom is 0.261 e. The fraction of sp³-hybridized carbons (Fsp3) is 0.615. The molecule has 17 heavy (non-hydrogen) atoms. The molecular formula is C13H18BrNOS. The Labute approximate surface area is 115 Å². The number of rotatable bonds is 3. The number of halogens is 1. The number of thiophene rings is 1. The van der Waals surface area contributed by atoms with E-state index in [0.29, 0.717) is 0 Å². The van der Waals surface area contributed by atoms with Crippen molar-refractivity contribution in [3.8, 4) is 0 Å². The van der Waals surface area contributed by atoms with E-state index in [0.717, 1.165) is 23.0 Å². The largest absolute Gasteiger partial charge is 0.346 e. The smallest absolute Gasteiger partial charge is 0.261 e. The van der Waals surface area contributed by atoms with E-state index in [1.807, 2.05) is 13.8 Å². The summed E-state index contributed by atoms with van der Waals surface area (Å²) < 4.78 is 0. The van der Waals surface area contributed by atoms with Gasteiger partial charge < -0.3 is 5.32 Å². The lowest BCUT2D eigenvalue weighted by molar-refractivity contribution is 0.0925. The summed E-state index contributed by atoms with van der Waals surface area (Å²) in [4.78, 5) is 14.4. The van der Waals surface area contributed by atoms with E-state index in [4.69, 9.17) is 0 Å². The maximum absolute atomic E-state index is 12.1. The van der Waals surface area contributed by atoms with Gasteiger partial charge in [-0.3, -0.25) is 4.79 Å². The highest BCUT2D eigenvalue weighted by Crippen LogP contribution is 2.29. The van der Waals surface area contributed by atoms with Gasteiger partial charge in [0.2, 0.25) is 0 Å². The Kier molecular flexibility index (Phi) is 3.93. The van der Waals surface area contributed by atoms with Crippen molar-refractivity contribution < 1.29 is 4.79 Å². The highest BCUT2D eigenvalue weighted by molar-refractivity contribution is 9.09. The molecule has 1 heterocycles. The Bertz CT molecular complexity index is 402. The van der Waals surface area contributed by atoms with Gasteiger partial charge in [0.05, 0.1) is 4.88 Å². The van der Waals surface area contributed by atoms with Crippen LogP contribution in [0, 0.1) is 0 Å². The average molecular weight is 316 g/mol. The molecule has 0 radical (unpaired) electrons. The van der Waals surface area contributed by atoms with Crippen molar-refractivity contribution >= 4 is 33.2 Å². The van der Waals surface area contributed by atoms with Crippen molar-refractivity contribution in [1.82, 2.24) is 5.32 Å². The number of carbonyl (C=O) groups is 1. The molecule has 1 aliphatic carbocycles. The second-order valence-corrected chi connectivity index (χ2v) is 6.94.